The average Bonchev–Trinajstić information content (AvgIpc) is 2.65. The van der Waals surface area contributed by atoms with E-state index in [1.54, 1.807) is 0 Å². The standard InChI is InChI=1S/C18H27F2N3O4S/c1-28(25,26)23(15-5-6-16(19)17(20)14-15)9-2-4-18(24)21-7-3-8-22-10-12-27-13-11-22/h5-6,14H,2-4,7-13H2,1H3,(H,21,24). The minimum absolute atomic E-state index is 0.00506. The van der Waals surface area contributed by atoms with E-state index in [0.29, 0.717) is 6.54 Å². The number of hydrogen-bond donors (Lipinski definition) is 1. The molecule has 0 bridgehead atoms. The molecule has 7 nitrogen and oxygen atoms in total. The van der Waals surface area contributed by atoms with Gasteiger partial charge in [-0.15, -0.1) is 0 Å². The number of nitrogens with zero attached hydrogens (tertiary/aromatic N) is 2. The maximum absolute atomic E-state index is 13.4. The Morgan fingerprint density at radius 3 is 2.57 bits per heavy atom. The zero-order valence-corrected chi connectivity index (χ0v) is 16.8. The van der Waals surface area contributed by atoms with Crippen LogP contribution in [0.5, 0.6) is 0 Å². The number of halogens is 2. The van der Waals surface area contributed by atoms with Gasteiger partial charge < -0.3 is 10.1 Å². The second-order valence-corrected chi connectivity index (χ2v) is 8.60. The first kappa shape index (κ1) is 22.5. The van der Waals surface area contributed by atoms with Crippen LogP contribution in [0.25, 0.3) is 0 Å². The molecule has 1 aromatic carbocycles. The summed E-state index contributed by atoms with van der Waals surface area (Å²) in [5.41, 5.74) is 0.0346. The molecule has 1 N–H and O–H groups in total. The molecule has 1 heterocycles. The fourth-order valence-corrected chi connectivity index (χ4v) is 3.91. The van der Waals surface area contributed by atoms with Gasteiger partial charge in [-0.05, 0) is 31.5 Å². The molecular weight excluding hydrogens is 392 g/mol. The molecule has 1 aliphatic heterocycles. The number of ether oxygens (including phenoxy) is 1. The molecule has 0 atom stereocenters. The van der Waals surface area contributed by atoms with Crippen LogP contribution in [0.1, 0.15) is 19.3 Å². The third-order valence-corrected chi connectivity index (χ3v) is 5.63. The molecule has 0 spiro atoms. The van der Waals surface area contributed by atoms with Crippen LogP contribution in [0.2, 0.25) is 0 Å². The van der Waals surface area contributed by atoms with Crippen molar-refractivity contribution in [2.24, 2.45) is 0 Å². The SMILES string of the molecule is CS(=O)(=O)N(CCCC(=O)NCCCN1CCOCC1)c1ccc(F)c(F)c1. The van der Waals surface area contributed by atoms with E-state index in [-0.39, 0.29) is 31.0 Å². The van der Waals surface area contributed by atoms with Crippen LogP contribution in [0.4, 0.5) is 14.5 Å². The van der Waals surface area contributed by atoms with Crippen molar-refractivity contribution in [1.29, 1.82) is 0 Å². The topological polar surface area (TPSA) is 79.0 Å². The fourth-order valence-electron chi connectivity index (χ4n) is 2.95. The highest BCUT2D eigenvalue weighted by molar-refractivity contribution is 7.92. The number of hydrogen-bond acceptors (Lipinski definition) is 5. The molecule has 0 saturated carbocycles. The van der Waals surface area contributed by atoms with Crippen molar-refractivity contribution in [3.63, 3.8) is 0 Å². The smallest absolute Gasteiger partial charge is 0.232 e. The predicted octanol–water partition coefficient (Wildman–Crippen LogP) is 1.35. The van der Waals surface area contributed by atoms with Gasteiger partial charge in [0.15, 0.2) is 11.6 Å². The van der Waals surface area contributed by atoms with E-state index in [4.69, 9.17) is 4.74 Å². The summed E-state index contributed by atoms with van der Waals surface area (Å²) >= 11 is 0. The van der Waals surface area contributed by atoms with Gasteiger partial charge in [-0.2, -0.15) is 0 Å². The number of morpholine rings is 1. The van der Waals surface area contributed by atoms with Crippen molar-refractivity contribution in [3.05, 3.63) is 29.8 Å². The summed E-state index contributed by atoms with van der Waals surface area (Å²) in [6.07, 6.45) is 2.23. The number of nitrogens with one attached hydrogen (secondary N) is 1. The lowest BCUT2D eigenvalue weighted by Crippen LogP contribution is -2.38. The Labute approximate surface area is 164 Å². The minimum Gasteiger partial charge on any atom is -0.379 e. The van der Waals surface area contributed by atoms with Gasteiger partial charge in [-0.3, -0.25) is 14.0 Å². The Kier molecular flexibility index (Phi) is 8.58. The number of carbonyl (C=O) groups is 1. The number of anilines is 1. The summed E-state index contributed by atoms with van der Waals surface area (Å²) in [7, 11) is -3.68. The molecule has 1 aromatic rings. The molecule has 28 heavy (non-hydrogen) atoms. The molecule has 158 valence electrons. The zero-order chi connectivity index (χ0) is 20.6. The van der Waals surface area contributed by atoms with Crippen molar-refractivity contribution in [1.82, 2.24) is 10.2 Å². The van der Waals surface area contributed by atoms with Crippen molar-refractivity contribution >= 4 is 21.6 Å². The van der Waals surface area contributed by atoms with Crippen LogP contribution in [-0.4, -0.2) is 71.4 Å². The highest BCUT2D eigenvalue weighted by atomic mass is 32.2. The van der Waals surface area contributed by atoms with E-state index >= 15 is 0 Å². The van der Waals surface area contributed by atoms with Gasteiger partial charge >= 0.3 is 0 Å². The van der Waals surface area contributed by atoms with E-state index in [9.17, 15) is 22.0 Å². The molecule has 1 saturated heterocycles. The van der Waals surface area contributed by atoms with Gasteiger partial charge in [-0.1, -0.05) is 0 Å². The van der Waals surface area contributed by atoms with Crippen LogP contribution in [0.15, 0.2) is 18.2 Å². The Hall–Kier alpha value is -1.78. The Bertz CT molecular complexity index is 755. The maximum Gasteiger partial charge on any atom is 0.232 e. The third-order valence-electron chi connectivity index (χ3n) is 4.43. The summed E-state index contributed by atoms with van der Waals surface area (Å²) < 4.78 is 56.7. The molecule has 0 radical (unpaired) electrons. The van der Waals surface area contributed by atoms with Crippen LogP contribution < -0.4 is 9.62 Å². The summed E-state index contributed by atoms with van der Waals surface area (Å²) in [6, 6.07) is 2.91. The summed E-state index contributed by atoms with van der Waals surface area (Å²) in [5.74, 6) is -2.33. The summed E-state index contributed by atoms with van der Waals surface area (Å²) in [5, 5.41) is 2.82. The van der Waals surface area contributed by atoms with E-state index in [1.165, 1.54) is 6.07 Å². The summed E-state index contributed by atoms with van der Waals surface area (Å²) in [4.78, 5) is 14.2. The first-order chi connectivity index (χ1) is 13.3. The number of amides is 1. The Morgan fingerprint density at radius 2 is 1.93 bits per heavy atom. The fraction of sp³-hybridized carbons (Fsp3) is 0.611. The monoisotopic (exact) mass is 419 g/mol. The molecule has 1 aliphatic rings. The normalized spacial score (nSPS) is 15.4. The van der Waals surface area contributed by atoms with Crippen molar-refractivity contribution < 1.29 is 26.7 Å². The highest BCUT2D eigenvalue weighted by Gasteiger charge is 2.19. The lowest BCUT2D eigenvalue weighted by atomic mass is 10.2. The molecule has 0 aliphatic carbocycles. The minimum atomic E-state index is -3.68. The van der Waals surface area contributed by atoms with Gasteiger partial charge in [-0.25, -0.2) is 17.2 Å². The molecule has 10 heteroatoms. The first-order valence-electron chi connectivity index (χ1n) is 9.27. The first-order valence-corrected chi connectivity index (χ1v) is 11.1. The zero-order valence-electron chi connectivity index (χ0n) is 16.0. The number of benzene rings is 1. The largest absolute Gasteiger partial charge is 0.379 e. The molecular formula is C18H27F2N3O4S. The van der Waals surface area contributed by atoms with Crippen LogP contribution in [0, 0.1) is 11.6 Å². The molecule has 0 aromatic heterocycles. The maximum atomic E-state index is 13.4. The number of sulfonamides is 1. The Morgan fingerprint density at radius 1 is 1.21 bits per heavy atom. The van der Waals surface area contributed by atoms with E-state index in [1.807, 2.05) is 0 Å². The van der Waals surface area contributed by atoms with Gasteiger partial charge in [0.2, 0.25) is 15.9 Å². The molecule has 1 fully saturated rings. The Balaban J connectivity index is 1.73. The van der Waals surface area contributed by atoms with E-state index in [0.717, 1.165) is 62.0 Å². The second kappa shape index (κ2) is 10.7. The average molecular weight is 419 g/mol. The quantitative estimate of drug-likeness (QED) is 0.579. The summed E-state index contributed by atoms with van der Waals surface area (Å²) in [6.45, 7) is 4.72. The second-order valence-electron chi connectivity index (χ2n) is 6.69. The van der Waals surface area contributed by atoms with Crippen LogP contribution in [0.3, 0.4) is 0 Å². The van der Waals surface area contributed by atoms with E-state index < -0.39 is 21.7 Å². The number of rotatable bonds is 10. The van der Waals surface area contributed by atoms with Crippen LogP contribution in [-0.2, 0) is 19.6 Å². The van der Waals surface area contributed by atoms with Gasteiger partial charge in [0.25, 0.3) is 0 Å². The van der Waals surface area contributed by atoms with E-state index in [2.05, 4.69) is 10.2 Å². The lowest BCUT2D eigenvalue weighted by molar-refractivity contribution is -0.121. The van der Waals surface area contributed by atoms with Gasteiger partial charge in [0.1, 0.15) is 0 Å². The highest BCUT2D eigenvalue weighted by Crippen LogP contribution is 2.21. The van der Waals surface area contributed by atoms with Crippen molar-refractivity contribution in [2.75, 3.05) is 56.5 Å². The van der Waals surface area contributed by atoms with Gasteiger partial charge in [0.05, 0.1) is 25.2 Å². The third kappa shape index (κ3) is 7.33. The molecule has 2 rings (SSSR count). The predicted molar refractivity (Wildman–Crippen MR) is 103 cm³/mol. The molecule has 0 unspecified atom stereocenters. The van der Waals surface area contributed by atoms with Crippen LogP contribution >= 0.6 is 0 Å². The lowest BCUT2D eigenvalue weighted by Gasteiger charge is -2.26. The van der Waals surface area contributed by atoms with Gasteiger partial charge in [0, 0.05) is 38.7 Å². The van der Waals surface area contributed by atoms with Crippen molar-refractivity contribution in [3.8, 4) is 0 Å². The number of carbonyl (C=O) groups excluding carboxylic acids is 1. The molecule has 1 amide bonds. The van der Waals surface area contributed by atoms with Crippen molar-refractivity contribution in [2.45, 2.75) is 19.3 Å².